The van der Waals surface area contributed by atoms with Crippen LogP contribution in [0, 0.1) is 23.0 Å². The van der Waals surface area contributed by atoms with Gasteiger partial charge in [-0.1, -0.05) is 19.9 Å². The predicted molar refractivity (Wildman–Crippen MR) is 187 cm³/mol. The van der Waals surface area contributed by atoms with Crippen molar-refractivity contribution in [3.63, 3.8) is 0 Å². The Morgan fingerprint density at radius 1 is 0.941 bits per heavy atom. The van der Waals surface area contributed by atoms with E-state index in [-0.39, 0.29) is 60.4 Å². The molecular weight excluding hydrogens is 656 g/mol. The number of anilines is 1. The van der Waals surface area contributed by atoms with Gasteiger partial charge in [0.1, 0.15) is 23.8 Å². The Balaban J connectivity index is 1.23. The summed E-state index contributed by atoms with van der Waals surface area (Å²) in [6.07, 6.45) is 6.56. The number of benzene rings is 1. The molecule has 11 nitrogen and oxygen atoms in total. The lowest BCUT2D eigenvalue weighted by molar-refractivity contribution is -0.148. The van der Waals surface area contributed by atoms with E-state index in [4.69, 9.17) is 4.74 Å². The second-order valence-electron chi connectivity index (χ2n) is 16.0. The Kier molecular flexibility index (Phi) is 10.3. The Morgan fingerprint density at radius 3 is 2.37 bits per heavy atom. The van der Waals surface area contributed by atoms with Crippen molar-refractivity contribution in [2.75, 3.05) is 64.4 Å². The number of carbonyl (C=O) groups excluding carboxylic acids is 3. The number of carbonyl (C=O) groups is 3. The van der Waals surface area contributed by atoms with Crippen LogP contribution in [-0.4, -0.2) is 131 Å². The number of likely N-dealkylation sites (N-methyl/N-ethyl adjacent to an activating group) is 1. The van der Waals surface area contributed by atoms with Gasteiger partial charge in [-0.25, -0.2) is 8.78 Å². The number of rotatable bonds is 7. The van der Waals surface area contributed by atoms with E-state index in [1.54, 1.807) is 23.2 Å². The molecule has 5 aliphatic rings. The maximum Gasteiger partial charge on any atom is 0.252 e. The van der Waals surface area contributed by atoms with Crippen molar-refractivity contribution in [3.8, 4) is 0 Å². The van der Waals surface area contributed by atoms with E-state index in [1.807, 2.05) is 21.7 Å². The zero-order valence-electron chi connectivity index (χ0n) is 30.1. The van der Waals surface area contributed by atoms with Gasteiger partial charge < -0.3 is 29.2 Å². The normalized spacial score (nSPS) is 28.7. The summed E-state index contributed by atoms with van der Waals surface area (Å²) in [5, 5.41) is 8.27. The van der Waals surface area contributed by atoms with Crippen molar-refractivity contribution in [2.24, 2.45) is 11.3 Å². The second kappa shape index (κ2) is 14.7. The number of likely N-dealkylation sites (tertiary alicyclic amines) is 1. The third-order valence-electron chi connectivity index (χ3n) is 12.1. The molecule has 2 aromatic rings. The average Bonchev–Trinajstić information content (AvgIpc) is 3.90. The van der Waals surface area contributed by atoms with Crippen LogP contribution < -0.4 is 4.90 Å². The molecule has 3 amide bonds. The Hall–Kier alpha value is -3.71. The zero-order chi connectivity index (χ0) is 35.9. The first-order valence-corrected chi connectivity index (χ1v) is 18.7. The summed E-state index contributed by atoms with van der Waals surface area (Å²) in [6, 6.07) is 5.91. The van der Waals surface area contributed by atoms with Crippen LogP contribution >= 0.6 is 0 Å². The molecule has 1 aliphatic carbocycles. The van der Waals surface area contributed by atoms with Crippen molar-refractivity contribution in [1.29, 1.82) is 0 Å². The Morgan fingerprint density at radius 2 is 1.71 bits per heavy atom. The molecule has 276 valence electrons. The summed E-state index contributed by atoms with van der Waals surface area (Å²) in [4.78, 5) is 53.5. The molecule has 5 heterocycles. The first-order valence-electron chi connectivity index (χ1n) is 18.7. The van der Waals surface area contributed by atoms with Gasteiger partial charge in [0.05, 0.1) is 12.0 Å². The zero-order valence-corrected chi connectivity index (χ0v) is 30.1. The van der Waals surface area contributed by atoms with Crippen molar-refractivity contribution in [1.82, 2.24) is 29.8 Å². The molecule has 1 aromatic heterocycles. The van der Waals surface area contributed by atoms with Crippen molar-refractivity contribution >= 4 is 23.5 Å². The Bertz CT molecular complexity index is 1570. The SMILES string of the molecule is CN1CCN(C(=O)[C@@H]2C[C@H](N(C(=O)[C@@H]3CCCO3)C3CCC(C)(C)CC3)CN2C(=O)[C@H]2CN(c3cccnn3)C[C@H]2c2ccc(F)cc2F)CC1. The molecule has 4 aliphatic heterocycles. The maximum atomic E-state index is 15.5. The minimum Gasteiger partial charge on any atom is -0.368 e. The molecule has 4 saturated heterocycles. The largest absolute Gasteiger partial charge is 0.368 e. The fourth-order valence-corrected chi connectivity index (χ4v) is 9.02. The van der Waals surface area contributed by atoms with E-state index in [2.05, 4.69) is 28.9 Å². The van der Waals surface area contributed by atoms with Crippen LogP contribution in [0.2, 0.25) is 0 Å². The molecule has 5 atom stereocenters. The number of ether oxygens (including phenoxy) is 1. The highest BCUT2D eigenvalue weighted by Crippen LogP contribution is 2.42. The number of piperazine rings is 1. The van der Waals surface area contributed by atoms with E-state index in [0.717, 1.165) is 51.3 Å². The number of amides is 3. The molecule has 0 N–H and O–H groups in total. The summed E-state index contributed by atoms with van der Waals surface area (Å²) in [7, 11) is 2.03. The van der Waals surface area contributed by atoms with Crippen LogP contribution in [-0.2, 0) is 19.1 Å². The van der Waals surface area contributed by atoms with Gasteiger partial charge in [0.25, 0.3) is 5.91 Å². The predicted octanol–water partition coefficient (Wildman–Crippen LogP) is 3.69. The third-order valence-corrected chi connectivity index (χ3v) is 12.1. The fourth-order valence-electron chi connectivity index (χ4n) is 9.02. The highest BCUT2D eigenvalue weighted by molar-refractivity contribution is 5.91. The van der Waals surface area contributed by atoms with Crippen molar-refractivity contribution < 1.29 is 27.9 Å². The summed E-state index contributed by atoms with van der Waals surface area (Å²) in [5.74, 6) is -2.63. The lowest BCUT2D eigenvalue weighted by Crippen LogP contribution is -2.54. The molecule has 1 saturated carbocycles. The van der Waals surface area contributed by atoms with Crippen LogP contribution in [0.5, 0.6) is 0 Å². The number of nitrogens with zero attached hydrogens (tertiary/aromatic N) is 7. The molecule has 7 rings (SSSR count). The average molecular weight is 708 g/mol. The van der Waals surface area contributed by atoms with Gasteiger partial charge in [0, 0.05) is 76.6 Å². The van der Waals surface area contributed by atoms with Gasteiger partial charge in [0.15, 0.2) is 5.82 Å². The van der Waals surface area contributed by atoms with Crippen LogP contribution in [0.25, 0.3) is 0 Å². The number of aromatic nitrogens is 2. The summed E-state index contributed by atoms with van der Waals surface area (Å²) in [5.41, 5.74) is 0.438. The van der Waals surface area contributed by atoms with Crippen LogP contribution in [0.1, 0.15) is 70.3 Å². The lowest BCUT2D eigenvalue weighted by Gasteiger charge is -2.43. The minimum atomic E-state index is -0.769. The molecule has 51 heavy (non-hydrogen) atoms. The third kappa shape index (κ3) is 7.46. The fraction of sp³-hybridized carbons (Fsp3) is 0.658. The first-order chi connectivity index (χ1) is 24.5. The van der Waals surface area contributed by atoms with Crippen molar-refractivity contribution in [2.45, 2.75) is 88.9 Å². The molecule has 1 aromatic carbocycles. The molecule has 0 unspecified atom stereocenters. The van der Waals surface area contributed by atoms with Crippen molar-refractivity contribution in [3.05, 3.63) is 53.7 Å². The highest BCUT2D eigenvalue weighted by atomic mass is 19.1. The topological polar surface area (TPSA) is 102 Å². The first kappa shape index (κ1) is 35.7. The highest BCUT2D eigenvalue weighted by Gasteiger charge is 2.51. The molecule has 0 spiro atoms. The molecule has 0 bridgehead atoms. The van der Waals surface area contributed by atoms with Crippen LogP contribution in [0.3, 0.4) is 0 Å². The molecule has 5 fully saturated rings. The van der Waals surface area contributed by atoms with E-state index < -0.39 is 35.6 Å². The molecule has 0 radical (unpaired) electrons. The lowest BCUT2D eigenvalue weighted by atomic mass is 9.75. The monoisotopic (exact) mass is 707 g/mol. The summed E-state index contributed by atoms with van der Waals surface area (Å²) >= 11 is 0. The van der Waals surface area contributed by atoms with Gasteiger partial charge in [-0.15, -0.1) is 5.10 Å². The Labute approximate surface area is 299 Å². The van der Waals surface area contributed by atoms with Crippen LogP contribution in [0.4, 0.5) is 14.6 Å². The maximum absolute atomic E-state index is 15.5. The molecule has 13 heteroatoms. The minimum absolute atomic E-state index is 0.00569. The number of halogens is 2. The van der Waals surface area contributed by atoms with Gasteiger partial charge in [-0.3, -0.25) is 14.4 Å². The summed E-state index contributed by atoms with van der Waals surface area (Å²) in [6.45, 7) is 8.38. The standard InChI is InChI=1S/C38H51F2N7O4/c1-38(2)12-10-26(11-13-38)47(37(50)33-6-5-19-51-33)27-21-32(36(49)44-17-15-43(3)16-18-44)46(22-27)35(48)30-24-45(34-7-4-14-41-42-34)23-29(30)28-9-8-25(39)20-31(28)40/h4,7-9,14,20,26-27,29-30,32-33H,5-6,10-13,15-19,21-24H2,1-3H3/t27-,29-,30-,32-,33-/m0/s1. The van der Waals surface area contributed by atoms with E-state index in [0.29, 0.717) is 38.4 Å². The van der Waals surface area contributed by atoms with E-state index >= 15 is 9.18 Å². The number of hydrogen-bond acceptors (Lipinski definition) is 8. The van der Waals surface area contributed by atoms with E-state index in [1.165, 1.54) is 12.1 Å². The summed E-state index contributed by atoms with van der Waals surface area (Å²) < 4.78 is 35.5. The van der Waals surface area contributed by atoms with Gasteiger partial charge >= 0.3 is 0 Å². The second-order valence-corrected chi connectivity index (χ2v) is 16.0. The van der Waals surface area contributed by atoms with E-state index in [9.17, 15) is 14.0 Å². The quantitative estimate of drug-likeness (QED) is 0.430. The van der Waals surface area contributed by atoms with Gasteiger partial charge in [-0.05, 0) is 81.2 Å². The molecular formula is C38H51F2N7O4. The smallest absolute Gasteiger partial charge is 0.252 e. The van der Waals surface area contributed by atoms with Gasteiger partial charge in [0.2, 0.25) is 11.8 Å². The van der Waals surface area contributed by atoms with Crippen LogP contribution in [0.15, 0.2) is 36.5 Å². The van der Waals surface area contributed by atoms with Gasteiger partial charge in [-0.2, -0.15) is 5.10 Å². The number of hydrogen-bond donors (Lipinski definition) is 0.